The lowest BCUT2D eigenvalue weighted by atomic mass is 10.1. The maximum atomic E-state index is 12.4. The molecule has 0 spiro atoms. The van der Waals surface area contributed by atoms with Crippen LogP contribution in [-0.2, 0) is 20.9 Å². The van der Waals surface area contributed by atoms with Crippen molar-refractivity contribution < 1.29 is 29.0 Å². The van der Waals surface area contributed by atoms with Gasteiger partial charge < -0.3 is 14.6 Å². The van der Waals surface area contributed by atoms with Crippen LogP contribution in [0.4, 0.5) is 4.79 Å². The van der Waals surface area contributed by atoms with Gasteiger partial charge in [-0.25, -0.2) is 9.59 Å². The van der Waals surface area contributed by atoms with Crippen molar-refractivity contribution in [3.63, 3.8) is 0 Å². The molecule has 1 saturated heterocycles. The van der Waals surface area contributed by atoms with E-state index < -0.39 is 30.8 Å². The predicted molar refractivity (Wildman–Crippen MR) is 99.5 cm³/mol. The Morgan fingerprint density at radius 1 is 0.964 bits per heavy atom. The quantitative estimate of drug-likeness (QED) is 0.607. The molecule has 7 nitrogen and oxygen atoms in total. The van der Waals surface area contributed by atoms with Crippen molar-refractivity contribution in [3.8, 4) is 0 Å². The Balaban J connectivity index is 1.55. The van der Waals surface area contributed by atoms with Crippen molar-refractivity contribution >= 4 is 17.8 Å². The number of benzene rings is 2. The second-order valence-electron chi connectivity index (χ2n) is 6.49. The lowest BCUT2D eigenvalue weighted by Gasteiger charge is -2.22. The van der Waals surface area contributed by atoms with Crippen molar-refractivity contribution in [1.29, 1.82) is 0 Å². The van der Waals surface area contributed by atoms with Gasteiger partial charge in [-0.1, -0.05) is 60.7 Å². The molecule has 0 aromatic heterocycles. The SMILES string of the molecule is O=C(COC(=O)[C@@H]1C[C@@H](O)CN1C(=O)OCc1ccccc1)c1ccccc1. The van der Waals surface area contributed by atoms with E-state index in [0.717, 1.165) is 10.5 Å². The third kappa shape index (κ3) is 4.95. The van der Waals surface area contributed by atoms with Gasteiger partial charge in [0.15, 0.2) is 12.4 Å². The first kappa shape index (κ1) is 19.6. The number of esters is 1. The van der Waals surface area contributed by atoms with Gasteiger partial charge in [0, 0.05) is 12.0 Å². The van der Waals surface area contributed by atoms with E-state index in [-0.39, 0.29) is 25.4 Å². The topological polar surface area (TPSA) is 93.1 Å². The number of Topliss-reactive ketones (excluding diaryl/α,β-unsaturated/α-hetero) is 1. The highest BCUT2D eigenvalue weighted by atomic mass is 16.6. The minimum atomic E-state index is -0.984. The Bertz CT molecular complexity index is 823. The molecular weight excluding hydrogens is 362 g/mol. The molecule has 0 bridgehead atoms. The summed E-state index contributed by atoms with van der Waals surface area (Å²) in [4.78, 5) is 38.0. The number of carbonyl (C=O) groups is 3. The van der Waals surface area contributed by atoms with Gasteiger partial charge in [0.05, 0.1) is 12.6 Å². The lowest BCUT2D eigenvalue weighted by Crippen LogP contribution is -2.42. The highest BCUT2D eigenvalue weighted by Crippen LogP contribution is 2.21. The number of β-amino-alcohol motifs (C(OH)–C–C–N with tert-alkyl or cyclic N) is 1. The molecule has 146 valence electrons. The number of aliphatic hydroxyl groups is 1. The number of aliphatic hydroxyl groups excluding tert-OH is 1. The first-order valence-electron chi connectivity index (χ1n) is 8.95. The number of carbonyl (C=O) groups excluding carboxylic acids is 3. The summed E-state index contributed by atoms with van der Waals surface area (Å²) in [6.45, 7) is -0.400. The van der Waals surface area contributed by atoms with Gasteiger partial charge in [-0.3, -0.25) is 9.69 Å². The molecule has 1 aliphatic heterocycles. The van der Waals surface area contributed by atoms with E-state index in [0.29, 0.717) is 5.56 Å². The first-order valence-corrected chi connectivity index (χ1v) is 8.95. The van der Waals surface area contributed by atoms with E-state index >= 15 is 0 Å². The van der Waals surface area contributed by atoms with Crippen LogP contribution in [0.2, 0.25) is 0 Å². The maximum absolute atomic E-state index is 12.4. The van der Waals surface area contributed by atoms with E-state index in [9.17, 15) is 19.5 Å². The molecule has 28 heavy (non-hydrogen) atoms. The van der Waals surface area contributed by atoms with Gasteiger partial charge in [0.2, 0.25) is 0 Å². The molecule has 3 rings (SSSR count). The van der Waals surface area contributed by atoms with Gasteiger partial charge >= 0.3 is 12.1 Å². The summed E-state index contributed by atoms with van der Waals surface area (Å²) in [5, 5.41) is 9.88. The van der Waals surface area contributed by atoms with E-state index in [2.05, 4.69) is 0 Å². The van der Waals surface area contributed by atoms with Crippen molar-refractivity contribution in [2.45, 2.75) is 25.2 Å². The monoisotopic (exact) mass is 383 g/mol. The standard InChI is InChI=1S/C21H21NO6/c23-17-11-18(20(25)27-14-19(24)16-9-5-2-6-10-16)22(12-17)21(26)28-13-15-7-3-1-4-8-15/h1-10,17-18,23H,11-14H2/t17-,18+/m1/s1. The van der Waals surface area contributed by atoms with Crippen LogP contribution in [0.15, 0.2) is 60.7 Å². The van der Waals surface area contributed by atoms with Crippen LogP contribution < -0.4 is 0 Å². The Labute approximate surface area is 162 Å². The Morgan fingerprint density at radius 2 is 1.61 bits per heavy atom. The van der Waals surface area contributed by atoms with Gasteiger partial charge in [0.25, 0.3) is 0 Å². The average Bonchev–Trinajstić information content (AvgIpc) is 3.13. The van der Waals surface area contributed by atoms with Crippen LogP contribution in [0, 0.1) is 0 Å². The summed E-state index contributed by atoms with van der Waals surface area (Å²) in [7, 11) is 0. The van der Waals surface area contributed by atoms with Crippen molar-refractivity contribution in [2.24, 2.45) is 0 Å². The third-order valence-corrected chi connectivity index (χ3v) is 4.43. The number of ketones is 1. The number of hydrogen-bond acceptors (Lipinski definition) is 6. The van der Waals surface area contributed by atoms with Crippen LogP contribution in [0.25, 0.3) is 0 Å². The largest absolute Gasteiger partial charge is 0.456 e. The number of nitrogens with zero attached hydrogens (tertiary/aromatic N) is 1. The van der Waals surface area contributed by atoms with Gasteiger partial charge in [-0.05, 0) is 5.56 Å². The predicted octanol–water partition coefficient (Wildman–Crippen LogP) is 2.18. The molecule has 0 aliphatic carbocycles. The molecule has 2 atom stereocenters. The van der Waals surface area contributed by atoms with E-state index in [4.69, 9.17) is 9.47 Å². The van der Waals surface area contributed by atoms with Crippen molar-refractivity contribution in [1.82, 2.24) is 4.90 Å². The highest BCUT2D eigenvalue weighted by Gasteiger charge is 2.41. The highest BCUT2D eigenvalue weighted by molar-refractivity contribution is 5.98. The molecular formula is C21H21NO6. The maximum Gasteiger partial charge on any atom is 0.410 e. The van der Waals surface area contributed by atoms with E-state index in [1.807, 2.05) is 30.3 Å². The molecule has 0 unspecified atom stereocenters. The van der Waals surface area contributed by atoms with E-state index in [1.54, 1.807) is 30.3 Å². The summed E-state index contributed by atoms with van der Waals surface area (Å²) in [6.07, 6.45) is -1.53. The van der Waals surface area contributed by atoms with Crippen LogP contribution >= 0.6 is 0 Å². The molecule has 1 heterocycles. The summed E-state index contributed by atoms with van der Waals surface area (Å²) in [5.41, 5.74) is 1.24. The second kappa shape index (κ2) is 9.14. The average molecular weight is 383 g/mol. The van der Waals surface area contributed by atoms with Crippen molar-refractivity contribution in [3.05, 3.63) is 71.8 Å². The number of amides is 1. The molecule has 0 saturated carbocycles. The van der Waals surface area contributed by atoms with Gasteiger partial charge in [-0.15, -0.1) is 0 Å². The minimum Gasteiger partial charge on any atom is -0.456 e. The summed E-state index contributed by atoms with van der Waals surface area (Å²) >= 11 is 0. The van der Waals surface area contributed by atoms with Crippen LogP contribution in [0.5, 0.6) is 0 Å². The molecule has 0 radical (unpaired) electrons. The van der Waals surface area contributed by atoms with Crippen molar-refractivity contribution in [2.75, 3.05) is 13.2 Å². The number of rotatable bonds is 6. The molecule has 1 amide bonds. The van der Waals surface area contributed by atoms with E-state index in [1.165, 1.54) is 0 Å². The number of hydrogen-bond donors (Lipinski definition) is 1. The molecule has 2 aromatic rings. The molecule has 2 aromatic carbocycles. The number of likely N-dealkylation sites (tertiary alicyclic amines) is 1. The zero-order valence-corrected chi connectivity index (χ0v) is 15.2. The Morgan fingerprint density at radius 3 is 2.29 bits per heavy atom. The number of ether oxygens (including phenoxy) is 2. The Kier molecular flexibility index (Phi) is 6.39. The Hall–Kier alpha value is -3.19. The van der Waals surface area contributed by atoms with Gasteiger partial charge in [0.1, 0.15) is 12.6 Å². The fourth-order valence-corrected chi connectivity index (χ4v) is 2.98. The van der Waals surface area contributed by atoms with Gasteiger partial charge in [-0.2, -0.15) is 0 Å². The van der Waals surface area contributed by atoms with Crippen LogP contribution in [0.3, 0.4) is 0 Å². The fraction of sp³-hybridized carbons (Fsp3) is 0.286. The minimum absolute atomic E-state index is 0.0278. The zero-order valence-electron chi connectivity index (χ0n) is 15.2. The van der Waals surface area contributed by atoms with Crippen LogP contribution in [-0.4, -0.2) is 53.1 Å². The summed E-state index contributed by atoms with van der Waals surface area (Å²) < 4.78 is 10.3. The summed E-state index contributed by atoms with van der Waals surface area (Å²) in [6, 6.07) is 16.6. The summed E-state index contributed by atoms with van der Waals surface area (Å²) in [5.74, 6) is -1.08. The normalized spacial score (nSPS) is 18.5. The first-order chi connectivity index (χ1) is 13.5. The second-order valence-corrected chi connectivity index (χ2v) is 6.49. The molecule has 1 aliphatic rings. The molecule has 1 fully saturated rings. The molecule has 1 N–H and O–H groups in total. The third-order valence-electron chi connectivity index (χ3n) is 4.43. The lowest BCUT2D eigenvalue weighted by molar-refractivity contribution is -0.147. The molecule has 7 heteroatoms. The smallest absolute Gasteiger partial charge is 0.410 e. The fourth-order valence-electron chi connectivity index (χ4n) is 2.98. The zero-order chi connectivity index (χ0) is 19.9. The van der Waals surface area contributed by atoms with Crippen LogP contribution in [0.1, 0.15) is 22.3 Å².